The van der Waals surface area contributed by atoms with Gasteiger partial charge in [0.15, 0.2) is 0 Å². The summed E-state index contributed by atoms with van der Waals surface area (Å²) in [5.74, 6) is 1.74. The molecule has 1 aromatic carbocycles. The lowest BCUT2D eigenvalue weighted by Gasteiger charge is -2.18. The van der Waals surface area contributed by atoms with E-state index in [9.17, 15) is 0 Å². The summed E-state index contributed by atoms with van der Waals surface area (Å²) >= 11 is 7.19. The monoisotopic (exact) mass is 404 g/mol. The van der Waals surface area contributed by atoms with Gasteiger partial charge in [-0.25, -0.2) is 9.97 Å². The lowest BCUT2D eigenvalue weighted by Crippen LogP contribution is -2.08. The van der Waals surface area contributed by atoms with Crippen LogP contribution in [0.2, 0.25) is 0 Å². The van der Waals surface area contributed by atoms with E-state index in [0.29, 0.717) is 0 Å². The van der Waals surface area contributed by atoms with E-state index in [1.807, 2.05) is 23.1 Å². The van der Waals surface area contributed by atoms with Gasteiger partial charge in [-0.05, 0) is 48.4 Å². The Labute approximate surface area is 152 Å². The Morgan fingerprint density at radius 2 is 2.09 bits per heavy atom. The van der Waals surface area contributed by atoms with Crippen molar-refractivity contribution >= 4 is 49.2 Å². The first-order valence-electron chi connectivity index (χ1n) is 7.83. The van der Waals surface area contributed by atoms with Gasteiger partial charge in [-0.1, -0.05) is 35.0 Å². The van der Waals surface area contributed by atoms with Crippen LogP contribution >= 0.6 is 39.0 Å². The Bertz CT molecular complexity index is 842. The fourth-order valence-corrected chi connectivity index (χ4v) is 5.75. The third-order valence-electron chi connectivity index (χ3n) is 4.35. The molecule has 0 saturated carbocycles. The topological polar surface area (TPSA) is 25.8 Å². The van der Waals surface area contributed by atoms with Gasteiger partial charge in [-0.2, -0.15) is 0 Å². The van der Waals surface area contributed by atoms with Crippen LogP contribution in [0.25, 0.3) is 10.2 Å². The molecule has 0 amide bonds. The number of aryl methyl sites for hydroxylation is 1. The number of halogens is 1. The van der Waals surface area contributed by atoms with Crippen LogP contribution in [0.4, 0.5) is 0 Å². The van der Waals surface area contributed by atoms with Crippen molar-refractivity contribution in [3.63, 3.8) is 0 Å². The highest BCUT2D eigenvalue weighted by Crippen LogP contribution is 2.41. The van der Waals surface area contributed by atoms with Gasteiger partial charge in [0.25, 0.3) is 0 Å². The summed E-state index contributed by atoms with van der Waals surface area (Å²) < 4.78 is 1.12. The average Bonchev–Trinajstić information content (AvgIpc) is 2.92. The second kappa shape index (κ2) is 6.54. The first-order valence-corrected chi connectivity index (χ1v) is 10.4. The lowest BCUT2D eigenvalue weighted by atomic mass is 9.89. The van der Waals surface area contributed by atoms with E-state index in [0.717, 1.165) is 26.0 Å². The van der Waals surface area contributed by atoms with Gasteiger partial charge >= 0.3 is 0 Å². The second-order valence-electron chi connectivity index (χ2n) is 6.13. The SMILES string of the molecule is C[C@H]1CCc2c(sc3ncnc(SCc4ccc(Br)cc4)c23)C1. The molecule has 0 saturated heterocycles. The molecule has 0 spiro atoms. The predicted octanol–water partition coefficient (Wildman–Crippen LogP) is 5.87. The zero-order chi connectivity index (χ0) is 15.8. The number of fused-ring (bicyclic) bond motifs is 3. The van der Waals surface area contributed by atoms with Crippen molar-refractivity contribution in [2.45, 2.75) is 37.0 Å². The number of benzene rings is 1. The molecule has 2 heterocycles. The van der Waals surface area contributed by atoms with E-state index < -0.39 is 0 Å². The predicted molar refractivity (Wildman–Crippen MR) is 102 cm³/mol. The minimum absolute atomic E-state index is 0.794. The molecule has 5 heteroatoms. The van der Waals surface area contributed by atoms with Gasteiger partial charge in [0, 0.05) is 20.5 Å². The highest BCUT2D eigenvalue weighted by atomic mass is 79.9. The highest BCUT2D eigenvalue weighted by Gasteiger charge is 2.23. The van der Waals surface area contributed by atoms with Gasteiger partial charge in [0.05, 0.1) is 0 Å². The number of hydrogen-bond acceptors (Lipinski definition) is 4. The van der Waals surface area contributed by atoms with Crippen LogP contribution in [0.5, 0.6) is 0 Å². The summed E-state index contributed by atoms with van der Waals surface area (Å²) in [5, 5.41) is 2.46. The number of thiophene rings is 1. The molecule has 0 N–H and O–H groups in total. The van der Waals surface area contributed by atoms with Gasteiger partial charge in [-0.3, -0.25) is 0 Å². The Morgan fingerprint density at radius 1 is 1.26 bits per heavy atom. The highest BCUT2D eigenvalue weighted by molar-refractivity contribution is 9.10. The van der Waals surface area contributed by atoms with E-state index in [1.165, 1.54) is 40.7 Å². The molecule has 4 rings (SSSR count). The van der Waals surface area contributed by atoms with E-state index in [2.05, 4.69) is 57.1 Å². The molecule has 0 unspecified atom stereocenters. The molecule has 2 aromatic heterocycles. The number of nitrogens with zero attached hydrogens (tertiary/aromatic N) is 2. The molecule has 118 valence electrons. The zero-order valence-electron chi connectivity index (χ0n) is 12.9. The molecular formula is C18H17BrN2S2. The molecular weight excluding hydrogens is 388 g/mol. The van der Waals surface area contributed by atoms with Crippen LogP contribution in [-0.2, 0) is 18.6 Å². The van der Waals surface area contributed by atoms with Crippen molar-refractivity contribution < 1.29 is 0 Å². The Balaban J connectivity index is 1.66. The van der Waals surface area contributed by atoms with E-state index in [1.54, 1.807) is 6.33 Å². The Hall–Kier alpha value is -0.910. The third-order valence-corrected chi connectivity index (χ3v) is 7.10. The first-order chi connectivity index (χ1) is 11.2. The van der Waals surface area contributed by atoms with Crippen molar-refractivity contribution in [3.8, 4) is 0 Å². The van der Waals surface area contributed by atoms with E-state index in [-0.39, 0.29) is 0 Å². The van der Waals surface area contributed by atoms with Crippen LogP contribution in [0.1, 0.15) is 29.3 Å². The fraction of sp³-hybridized carbons (Fsp3) is 0.333. The number of rotatable bonds is 3. The van der Waals surface area contributed by atoms with E-state index >= 15 is 0 Å². The maximum Gasteiger partial charge on any atom is 0.128 e. The van der Waals surface area contributed by atoms with Crippen molar-refractivity contribution in [1.82, 2.24) is 9.97 Å². The minimum atomic E-state index is 0.794. The van der Waals surface area contributed by atoms with Crippen molar-refractivity contribution in [1.29, 1.82) is 0 Å². The summed E-state index contributed by atoms with van der Waals surface area (Å²) in [5.41, 5.74) is 2.84. The fourth-order valence-electron chi connectivity index (χ4n) is 3.09. The molecule has 2 nitrogen and oxygen atoms in total. The van der Waals surface area contributed by atoms with Gasteiger partial charge < -0.3 is 0 Å². The molecule has 1 aliphatic carbocycles. The molecule has 1 aliphatic rings. The van der Waals surface area contributed by atoms with Crippen LogP contribution in [-0.4, -0.2) is 9.97 Å². The number of aromatic nitrogens is 2. The Morgan fingerprint density at radius 3 is 2.91 bits per heavy atom. The summed E-state index contributed by atoms with van der Waals surface area (Å²) in [6.45, 7) is 2.35. The maximum absolute atomic E-state index is 4.59. The third kappa shape index (κ3) is 3.19. The van der Waals surface area contributed by atoms with Crippen LogP contribution in [0.3, 0.4) is 0 Å². The van der Waals surface area contributed by atoms with Crippen LogP contribution in [0.15, 0.2) is 40.1 Å². The quantitative estimate of drug-likeness (QED) is 0.403. The van der Waals surface area contributed by atoms with Crippen molar-refractivity contribution in [3.05, 3.63) is 51.1 Å². The first kappa shape index (κ1) is 15.6. The smallest absolute Gasteiger partial charge is 0.128 e. The molecule has 0 fully saturated rings. The maximum atomic E-state index is 4.59. The lowest BCUT2D eigenvalue weighted by molar-refractivity contribution is 0.509. The molecule has 1 atom stereocenters. The van der Waals surface area contributed by atoms with Gasteiger partial charge in [0.1, 0.15) is 16.2 Å². The molecule has 3 aromatic rings. The summed E-state index contributed by atoms with van der Waals surface area (Å²) in [4.78, 5) is 11.8. The average molecular weight is 405 g/mol. The molecule has 0 radical (unpaired) electrons. The largest absolute Gasteiger partial charge is 0.229 e. The summed E-state index contributed by atoms with van der Waals surface area (Å²) in [6.07, 6.45) is 5.38. The van der Waals surface area contributed by atoms with Crippen molar-refractivity contribution in [2.24, 2.45) is 5.92 Å². The molecule has 0 bridgehead atoms. The van der Waals surface area contributed by atoms with Gasteiger partial charge in [-0.15, -0.1) is 23.1 Å². The summed E-state index contributed by atoms with van der Waals surface area (Å²) in [6, 6.07) is 8.53. The Kier molecular flexibility index (Phi) is 4.43. The zero-order valence-corrected chi connectivity index (χ0v) is 16.1. The molecule has 0 aliphatic heterocycles. The van der Waals surface area contributed by atoms with Crippen LogP contribution < -0.4 is 0 Å². The van der Waals surface area contributed by atoms with Crippen molar-refractivity contribution in [2.75, 3.05) is 0 Å². The molecule has 23 heavy (non-hydrogen) atoms. The normalized spacial score (nSPS) is 17.4. The van der Waals surface area contributed by atoms with E-state index in [4.69, 9.17) is 0 Å². The van der Waals surface area contributed by atoms with Gasteiger partial charge in [0.2, 0.25) is 0 Å². The standard InChI is InChI=1S/C18H17BrN2S2/c1-11-2-7-14-15(8-11)23-18-16(14)17(20-10-21-18)22-9-12-3-5-13(19)6-4-12/h3-6,10-11H,2,7-9H2,1H3/t11-/m0/s1. The number of hydrogen-bond donors (Lipinski definition) is 0. The second-order valence-corrected chi connectivity index (χ2v) is 9.09. The summed E-state index contributed by atoms with van der Waals surface area (Å²) in [7, 11) is 0. The minimum Gasteiger partial charge on any atom is -0.229 e. The number of thioether (sulfide) groups is 1. The van der Waals surface area contributed by atoms with Crippen LogP contribution in [0, 0.1) is 5.92 Å².